The lowest BCUT2D eigenvalue weighted by atomic mass is 10.2. The lowest BCUT2D eigenvalue weighted by Gasteiger charge is -2.20. The van der Waals surface area contributed by atoms with E-state index in [9.17, 15) is 9.59 Å². The number of hydrogen-bond donors (Lipinski definition) is 3. The zero-order chi connectivity index (χ0) is 9.07. The van der Waals surface area contributed by atoms with E-state index >= 15 is 0 Å². The van der Waals surface area contributed by atoms with Crippen molar-refractivity contribution in [2.45, 2.75) is 12.6 Å². The maximum Gasteiger partial charge on any atom is 0.406 e. The normalized spacial score (nSPS) is 13.6. The Kier molecular flexibility index (Phi) is 5.41. The van der Waals surface area contributed by atoms with E-state index in [1.54, 1.807) is 5.32 Å². The highest BCUT2D eigenvalue weighted by atomic mass is 35.5. The summed E-state index contributed by atoms with van der Waals surface area (Å²) < 4.78 is 4.23. The third-order valence-corrected chi connectivity index (χ3v) is 0.976. The van der Waals surface area contributed by atoms with Gasteiger partial charge >= 0.3 is 12.1 Å². The van der Waals surface area contributed by atoms with Gasteiger partial charge in [-0.3, -0.25) is 11.1 Å². The first-order valence-electron chi connectivity index (χ1n) is 2.78. The topological polar surface area (TPSA) is 102 Å². The molecule has 0 aromatic rings. The van der Waals surface area contributed by atoms with E-state index in [4.69, 9.17) is 10.8 Å². The Balaban J connectivity index is 0. The quantitative estimate of drug-likeness (QED) is 0.411. The van der Waals surface area contributed by atoms with Gasteiger partial charge in [-0.2, -0.15) is 0 Å². The fourth-order valence-corrected chi connectivity index (χ4v) is 0.485. The first-order valence-corrected chi connectivity index (χ1v) is 2.78. The molecule has 0 saturated heterocycles. The standard InChI is InChI=1S/C5H10N2O4.ClH/c1-5(6,3(8)11-2)7-4(9)10;/h7H,6H2,1-2H3,(H,9,10);1H. The number of amides is 1. The van der Waals surface area contributed by atoms with Crippen molar-refractivity contribution in [2.75, 3.05) is 7.11 Å². The van der Waals surface area contributed by atoms with Crippen LogP contribution in [0, 0.1) is 0 Å². The number of nitrogens with two attached hydrogens (primary N) is 1. The first-order chi connectivity index (χ1) is 4.90. The fourth-order valence-electron chi connectivity index (χ4n) is 0.485. The number of hydrogen-bond acceptors (Lipinski definition) is 4. The van der Waals surface area contributed by atoms with Crippen LogP contribution in [-0.2, 0) is 9.53 Å². The average molecular weight is 199 g/mol. The van der Waals surface area contributed by atoms with Crippen molar-refractivity contribution in [3.8, 4) is 0 Å². The van der Waals surface area contributed by atoms with Gasteiger partial charge in [-0.15, -0.1) is 12.4 Å². The van der Waals surface area contributed by atoms with E-state index in [1.807, 2.05) is 0 Å². The Morgan fingerprint density at radius 2 is 2.00 bits per heavy atom. The van der Waals surface area contributed by atoms with Crippen LogP contribution in [0.2, 0.25) is 0 Å². The van der Waals surface area contributed by atoms with Gasteiger partial charge in [-0.05, 0) is 6.92 Å². The van der Waals surface area contributed by atoms with Crippen molar-refractivity contribution in [1.29, 1.82) is 0 Å². The molecule has 0 fully saturated rings. The van der Waals surface area contributed by atoms with Crippen LogP contribution in [0.1, 0.15) is 6.92 Å². The average Bonchev–Trinajstić information content (AvgIpc) is 1.83. The molecule has 1 unspecified atom stereocenters. The third-order valence-electron chi connectivity index (χ3n) is 0.976. The van der Waals surface area contributed by atoms with E-state index in [1.165, 1.54) is 6.92 Å². The molecule has 1 atom stereocenters. The van der Waals surface area contributed by atoms with Crippen LogP contribution in [-0.4, -0.2) is 29.9 Å². The van der Waals surface area contributed by atoms with Crippen LogP contribution in [0.15, 0.2) is 0 Å². The minimum Gasteiger partial charge on any atom is -0.466 e. The van der Waals surface area contributed by atoms with E-state index in [-0.39, 0.29) is 12.4 Å². The van der Waals surface area contributed by atoms with Crippen molar-refractivity contribution in [3.05, 3.63) is 0 Å². The summed E-state index contributed by atoms with van der Waals surface area (Å²) in [6.45, 7) is 1.20. The summed E-state index contributed by atoms with van der Waals surface area (Å²) in [5.74, 6) is -0.833. The molecule has 7 heteroatoms. The number of ether oxygens (including phenoxy) is 1. The Morgan fingerprint density at radius 1 is 1.58 bits per heavy atom. The molecule has 6 nitrogen and oxygen atoms in total. The van der Waals surface area contributed by atoms with Gasteiger partial charge in [0, 0.05) is 0 Å². The van der Waals surface area contributed by atoms with Gasteiger partial charge < -0.3 is 9.84 Å². The molecule has 0 rings (SSSR count). The highest BCUT2D eigenvalue weighted by Crippen LogP contribution is 1.95. The third kappa shape index (κ3) is 3.99. The minimum absolute atomic E-state index is 0. The lowest BCUT2D eigenvalue weighted by Crippen LogP contribution is -2.59. The van der Waals surface area contributed by atoms with Crippen molar-refractivity contribution in [2.24, 2.45) is 5.73 Å². The molecule has 0 radical (unpaired) electrons. The predicted octanol–water partition coefficient (Wildman–Crippen LogP) is -0.476. The van der Waals surface area contributed by atoms with E-state index in [0.29, 0.717) is 0 Å². The highest BCUT2D eigenvalue weighted by Gasteiger charge is 2.30. The number of nitrogens with one attached hydrogen (secondary N) is 1. The zero-order valence-corrected chi connectivity index (χ0v) is 7.47. The van der Waals surface area contributed by atoms with Gasteiger partial charge in [0.05, 0.1) is 7.11 Å². The molecule has 12 heavy (non-hydrogen) atoms. The number of carbonyl (C=O) groups is 2. The molecular weight excluding hydrogens is 188 g/mol. The van der Waals surface area contributed by atoms with Crippen LogP contribution in [0.3, 0.4) is 0 Å². The molecule has 0 aliphatic carbocycles. The first kappa shape index (κ1) is 13.6. The molecule has 0 saturated carbocycles. The monoisotopic (exact) mass is 198 g/mol. The summed E-state index contributed by atoms with van der Waals surface area (Å²) in [5, 5.41) is 9.98. The maximum atomic E-state index is 10.7. The second kappa shape index (κ2) is 4.78. The van der Waals surface area contributed by atoms with Crippen molar-refractivity contribution in [1.82, 2.24) is 5.32 Å². The summed E-state index contributed by atoms with van der Waals surface area (Å²) in [5.41, 5.74) is 3.53. The molecule has 0 bridgehead atoms. The smallest absolute Gasteiger partial charge is 0.406 e. The number of methoxy groups -OCH3 is 1. The van der Waals surface area contributed by atoms with Crippen LogP contribution in [0.5, 0.6) is 0 Å². The molecule has 0 aromatic carbocycles. The number of esters is 1. The summed E-state index contributed by atoms with van der Waals surface area (Å²) in [4.78, 5) is 20.7. The number of halogens is 1. The molecule has 4 N–H and O–H groups in total. The largest absolute Gasteiger partial charge is 0.466 e. The fraction of sp³-hybridized carbons (Fsp3) is 0.600. The second-order valence-electron chi connectivity index (χ2n) is 2.12. The van der Waals surface area contributed by atoms with Crippen LogP contribution in [0.4, 0.5) is 4.79 Å². The summed E-state index contributed by atoms with van der Waals surface area (Å²) >= 11 is 0. The molecule has 1 amide bonds. The number of carbonyl (C=O) groups excluding carboxylic acids is 1. The number of rotatable bonds is 2. The highest BCUT2D eigenvalue weighted by molar-refractivity contribution is 5.85. The van der Waals surface area contributed by atoms with E-state index in [2.05, 4.69) is 4.74 Å². The Labute approximate surface area is 75.5 Å². The Hall–Kier alpha value is -1.01. The number of carboxylic acid groups (broad SMARTS) is 1. The van der Waals surface area contributed by atoms with E-state index in [0.717, 1.165) is 7.11 Å². The molecule has 0 aliphatic heterocycles. The predicted molar refractivity (Wildman–Crippen MR) is 43.0 cm³/mol. The molecular formula is C5H11ClN2O4. The molecule has 0 aromatic heterocycles. The van der Waals surface area contributed by atoms with Crippen LogP contribution in [0.25, 0.3) is 0 Å². The lowest BCUT2D eigenvalue weighted by molar-refractivity contribution is -0.147. The molecule has 72 valence electrons. The minimum atomic E-state index is -1.68. The Bertz CT molecular complexity index is 182. The Morgan fingerprint density at radius 3 is 2.25 bits per heavy atom. The van der Waals surface area contributed by atoms with Crippen molar-refractivity contribution in [3.63, 3.8) is 0 Å². The SMILES string of the molecule is COC(=O)C(C)(N)NC(=O)O.Cl. The van der Waals surface area contributed by atoms with Crippen molar-refractivity contribution < 1.29 is 19.4 Å². The van der Waals surface area contributed by atoms with Crippen molar-refractivity contribution >= 4 is 24.5 Å². The maximum absolute atomic E-state index is 10.7. The van der Waals surface area contributed by atoms with Gasteiger partial charge in [0.15, 0.2) is 5.66 Å². The second-order valence-corrected chi connectivity index (χ2v) is 2.12. The summed E-state index contributed by atoms with van der Waals surface area (Å²) in [7, 11) is 1.12. The van der Waals surface area contributed by atoms with Gasteiger partial charge in [0.25, 0.3) is 0 Å². The molecule has 0 heterocycles. The van der Waals surface area contributed by atoms with Crippen LogP contribution < -0.4 is 11.1 Å². The summed E-state index contributed by atoms with van der Waals surface area (Å²) in [6.07, 6.45) is -1.37. The van der Waals surface area contributed by atoms with Gasteiger partial charge in [-0.25, -0.2) is 9.59 Å². The van der Waals surface area contributed by atoms with Crippen LogP contribution >= 0.6 is 12.4 Å². The summed E-state index contributed by atoms with van der Waals surface area (Å²) in [6, 6.07) is 0. The van der Waals surface area contributed by atoms with E-state index < -0.39 is 17.7 Å². The molecule has 0 aliphatic rings. The van der Waals surface area contributed by atoms with Gasteiger partial charge in [0.1, 0.15) is 0 Å². The van der Waals surface area contributed by atoms with Gasteiger partial charge in [0.2, 0.25) is 0 Å². The zero-order valence-electron chi connectivity index (χ0n) is 6.66. The van der Waals surface area contributed by atoms with Gasteiger partial charge in [-0.1, -0.05) is 0 Å². The molecule has 0 spiro atoms.